The third kappa shape index (κ3) is 2.64. The van der Waals surface area contributed by atoms with Gasteiger partial charge < -0.3 is 5.32 Å². The van der Waals surface area contributed by atoms with Crippen LogP contribution in [0, 0.1) is 6.57 Å². The maximum atomic E-state index is 7.11. The molecule has 0 aliphatic rings. The molecule has 2 nitrogen and oxygen atoms in total. The largest absolute Gasteiger partial charge is 0.365 e. The summed E-state index contributed by atoms with van der Waals surface area (Å²) in [5.74, 6) is 0. The van der Waals surface area contributed by atoms with Crippen molar-refractivity contribution in [2.75, 3.05) is 5.32 Å². The van der Waals surface area contributed by atoms with E-state index in [0.717, 1.165) is 17.8 Å². The van der Waals surface area contributed by atoms with Gasteiger partial charge in [-0.05, 0) is 30.2 Å². The second kappa shape index (κ2) is 5.18. The van der Waals surface area contributed by atoms with Crippen molar-refractivity contribution in [1.29, 1.82) is 0 Å². The Morgan fingerprint density at radius 1 is 1.12 bits per heavy atom. The van der Waals surface area contributed by atoms with Crippen molar-refractivity contribution in [2.45, 2.75) is 13.3 Å². The van der Waals surface area contributed by atoms with E-state index >= 15 is 0 Å². The van der Waals surface area contributed by atoms with Crippen LogP contribution < -0.4 is 5.32 Å². The molecule has 0 heterocycles. The van der Waals surface area contributed by atoms with E-state index in [4.69, 9.17) is 6.57 Å². The summed E-state index contributed by atoms with van der Waals surface area (Å²) < 4.78 is 0. The van der Waals surface area contributed by atoms with E-state index in [1.54, 1.807) is 0 Å². The molecule has 0 fully saturated rings. The lowest BCUT2D eigenvalue weighted by Gasteiger charge is -2.09. The van der Waals surface area contributed by atoms with E-state index in [9.17, 15) is 0 Å². The highest BCUT2D eigenvalue weighted by Crippen LogP contribution is 2.27. The molecule has 0 spiro atoms. The van der Waals surface area contributed by atoms with Gasteiger partial charge in [-0.15, -0.1) is 0 Å². The number of aryl methyl sites for hydroxylation is 1. The summed E-state index contributed by atoms with van der Waals surface area (Å²) in [6, 6.07) is 15.8. The maximum Gasteiger partial charge on any atom is 0.209 e. The highest BCUT2D eigenvalue weighted by Gasteiger charge is 2.01. The molecule has 0 aromatic heterocycles. The number of anilines is 2. The molecule has 0 unspecified atom stereocenters. The second-order valence-corrected chi connectivity index (χ2v) is 3.81. The first kappa shape index (κ1) is 11.2. The van der Waals surface area contributed by atoms with Gasteiger partial charge in [0, 0.05) is 11.4 Å². The molecule has 0 atom stereocenters. The van der Waals surface area contributed by atoms with Gasteiger partial charge in [-0.3, -0.25) is 0 Å². The minimum Gasteiger partial charge on any atom is -0.365 e. The Morgan fingerprint density at radius 2 is 1.94 bits per heavy atom. The van der Waals surface area contributed by atoms with E-state index in [0.29, 0.717) is 5.69 Å². The minimum atomic E-state index is 0.648. The Kier molecular flexibility index (Phi) is 3.42. The first-order valence-corrected chi connectivity index (χ1v) is 5.66. The van der Waals surface area contributed by atoms with Crippen molar-refractivity contribution in [1.82, 2.24) is 0 Å². The molecule has 0 saturated heterocycles. The van der Waals surface area contributed by atoms with Gasteiger partial charge in [0.05, 0.1) is 6.57 Å². The summed E-state index contributed by atoms with van der Waals surface area (Å²) in [5.41, 5.74) is 3.82. The van der Waals surface area contributed by atoms with Gasteiger partial charge in [0.15, 0.2) is 0 Å². The zero-order valence-electron chi connectivity index (χ0n) is 9.77. The number of rotatable bonds is 3. The summed E-state index contributed by atoms with van der Waals surface area (Å²) in [6.07, 6.45) is 1.01. The van der Waals surface area contributed by atoms with Crippen molar-refractivity contribution in [2.24, 2.45) is 0 Å². The molecule has 2 aromatic rings. The van der Waals surface area contributed by atoms with E-state index < -0.39 is 0 Å². The second-order valence-electron chi connectivity index (χ2n) is 3.81. The number of benzene rings is 2. The quantitative estimate of drug-likeness (QED) is 0.754. The molecular weight excluding hydrogens is 208 g/mol. The smallest absolute Gasteiger partial charge is 0.209 e. The predicted octanol–water partition coefficient (Wildman–Crippen LogP) is 4.54. The zero-order chi connectivity index (χ0) is 12.1. The molecule has 0 aliphatic heterocycles. The molecule has 2 aromatic carbocycles. The lowest BCUT2D eigenvalue weighted by atomic mass is 10.1. The van der Waals surface area contributed by atoms with E-state index in [2.05, 4.69) is 29.2 Å². The van der Waals surface area contributed by atoms with Gasteiger partial charge in [-0.2, -0.15) is 0 Å². The Morgan fingerprint density at radius 3 is 2.71 bits per heavy atom. The molecule has 1 N–H and O–H groups in total. The van der Waals surface area contributed by atoms with Crippen molar-refractivity contribution in [3.8, 4) is 0 Å². The fourth-order valence-corrected chi connectivity index (χ4v) is 1.70. The average molecular weight is 222 g/mol. The van der Waals surface area contributed by atoms with E-state index in [-0.39, 0.29) is 0 Å². The first-order chi connectivity index (χ1) is 8.33. The standard InChI is InChI=1S/C15H14N2/c1-3-12-7-6-8-13(11-12)17-15-10-5-4-9-14(15)16-2/h4-11,17H,3H2,1H3. The Bertz CT molecular complexity index is 553. The first-order valence-electron chi connectivity index (χ1n) is 5.66. The summed E-state index contributed by atoms with van der Waals surface area (Å²) in [6.45, 7) is 9.24. The van der Waals surface area contributed by atoms with Crippen LogP contribution in [0.5, 0.6) is 0 Å². The summed E-state index contributed by atoms with van der Waals surface area (Å²) in [4.78, 5) is 3.50. The van der Waals surface area contributed by atoms with Crippen LogP contribution in [0.15, 0.2) is 48.5 Å². The van der Waals surface area contributed by atoms with Crippen LogP contribution in [0.1, 0.15) is 12.5 Å². The van der Waals surface area contributed by atoms with Crippen molar-refractivity contribution in [3.05, 3.63) is 65.5 Å². The number of nitrogens with one attached hydrogen (secondary N) is 1. The molecule has 2 heteroatoms. The lowest BCUT2D eigenvalue weighted by Crippen LogP contribution is -1.91. The van der Waals surface area contributed by atoms with Gasteiger partial charge in [0.1, 0.15) is 0 Å². The van der Waals surface area contributed by atoms with Gasteiger partial charge in [-0.25, -0.2) is 4.85 Å². The minimum absolute atomic E-state index is 0.648. The van der Waals surface area contributed by atoms with Crippen LogP contribution in [0.25, 0.3) is 4.85 Å². The normalized spacial score (nSPS) is 9.65. The molecule has 0 amide bonds. The molecule has 0 radical (unpaired) electrons. The highest BCUT2D eigenvalue weighted by molar-refractivity contribution is 5.74. The lowest BCUT2D eigenvalue weighted by molar-refractivity contribution is 1.14. The fraction of sp³-hybridized carbons (Fsp3) is 0.133. The maximum absolute atomic E-state index is 7.11. The average Bonchev–Trinajstić information content (AvgIpc) is 2.39. The monoisotopic (exact) mass is 222 g/mol. The van der Waals surface area contributed by atoms with Crippen LogP contribution >= 0.6 is 0 Å². The number of hydrogen-bond acceptors (Lipinski definition) is 1. The molecule has 17 heavy (non-hydrogen) atoms. The Hall–Kier alpha value is -2.27. The third-order valence-electron chi connectivity index (χ3n) is 2.64. The van der Waals surface area contributed by atoms with Crippen LogP contribution in [0.2, 0.25) is 0 Å². The molecule has 2 rings (SSSR count). The van der Waals surface area contributed by atoms with Crippen LogP contribution in [0.3, 0.4) is 0 Å². The zero-order valence-corrected chi connectivity index (χ0v) is 9.77. The van der Waals surface area contributed by atoms with Gasteiger partial charge in [-0.1, -0.05) is 37.3 Å². The summed E-state index contributed by atoms with van der Waals surface area (Å²) >= 11 is 0. The number of nitrogens with zero attached hydrogens (tertiary/aromatic N) is 1. The van der Waals surface area contributed by atoms with Crippen LogP contribution in [-0.4, -0.2) is 0 Å². The molecule has 0 bridgehead atoms. The van der Waals surface area contributed by atoms with Gasteiger partial charge in [0.2, 0.25) is 5.69 Å². The molecule has 0 aliphatic carbocycles. The van der Waals surface area contributed by atoms with Crippen molar-refractivity contribution >= 4 is 17.1 Å². The molecule has 84 valence electrons. The summed E-state index contributed by atoms with van der Waals surface area (Å²) in [7, 11) is 0. The molecule has 0 saturated carbocycles. The number of para-hydroxylation sites is 2. The predicted molar refractivity (Wildman–Crippen MR) is 71.8 cm³/mol. The van der Waals surface area contributed by atoms with Gasteiger partial charge >= 0.3 is 0 Å². The number of hydrogen-bond donors (Lipinski definition) is 1. The van der Waals surface area contributed by atoms with E-state index in [1.165, 1.54) is 5.56 Å². The Balaban J connectivity index is 2.28. The van der Waals surface area contributed by atoms with Gasteiger partial charge in [0.25, 0.3) is 0 Å². The molecular formula is C15H14N2. The van der Waals surface area contributed by atoms with Crippen LogP contribution in [-0.2, 0) is 6.42 Å². The SMILES string of the molecule is [C-]#[N+]c1ccccc1Nc1cccc(CC)c1. The van der Waals surface area contributed by atoms with Crippen molar-refractivity contribution < 1.29 is 0 Å². The Labute approximate surface area is 102 Å². The highest BCUT2D eigenvalue weighted by atomic mass is 14.9. The fourth-order valence-electron chi connectivity index (χ4n) is 1.70. The van der Waals surface area contributed by atoms with E-state index in [1.807, 2.05) is 36.4 Å². The summed E-state index contributed by atoms with van der Waals surface area (Å²) in [5, 5.41) is 3.28. The van der Waals surface area contributed by atoms with Crippen LogP contribution in [0.4, 0.5) is 17.1 Å². The topological polar surface area (TPSA) is 16.4 Å². The van der Waals surface area contributed by atoms with Crippen molar-refractivity contribution in [3.63, 3.8) is 0 Å². The third-order valence-corrected chi connectivity index (χ3v) is 2.64.